The monoisotopic (exact) mass is 304 g/mol. The second-order valence-corrected chi connectivity index (χ2v) is 6.48. The lowest BCUT2D eigenvalue weighted by molar-refractivity contribution is -0.132. The van der Waals surface area contributed by atoms with Gasteiger partial charge in [0.25, 0.3) is 0 Å². The molecule has 1 atom stereocenters. The summed E-state index contributed by atoms with van der Waals surface area (Å²) in [5, 5.41) is 0. The molecule has 0 saturated carbocycles. The molecule has 0 aliphatic carbocycles. The Morgan fingerprint density at radius 3 is 2.36 bits per heavy atom. The number of likely N-dealkylation sites (tertiary alicyclic amines) is 2. The second kappa shape index (κ2) is 7.23. The zero-order chi connectivity index (χ0) is 15.4. The van der Waals surface area contributed by atoms with Gasteiger partial charge in [0, 0.05) is 19.1 Å². The van der Waals surface area contributed by atoms with Crippen molar-refractivity contribution in [1.29, 1.82) is 0 Å². The van der Waals surface area contributed by atoms with Crippen molar-refractivity contribution in [2.75, 3.05) is 26.2 Å². The molecular weight excluding hydrogens is 279 g/mol. The number of carbonyl (C=O) groups excluding carboxylic acids is 1. The number of amides is 1. The van der Waals surface area contributed by atoms with Gasteiger partial charge in [-0.25, -0.2) is 4.39 Å². The normalized spacial score (nSPS) is 23.5. The SMILES string of the molecule is O=C(CN1CCCC1c1ccc(F)cc1)N1CCCCCC1. The molecule has 1 amide bonds. The van der Waals surface area contributed by atoms with Crippen molar-refractivity contribution < 1.29 is 9.18 Å². The summed E-state index contributed by atoms with van der Waals surface area (Å²) in [5.74, 6) is 0.0600. The average molecular weight is 304 g/mol. The van der Waals surface area contributed by atoms with Crippen molar-refractivity contribution in [3.8, 4) is 0 Å². The lowest BCUT2D eigenvalue weighted by Crippen LogP contribution is -2.40. The van der Waals surface area contributed by atoms with Gasteiger partial charge in [-0.15, -0.1) is 0 Å². The first-order valence-electron chi connectivity index (χ1n) is 8.51. The summed E-state index contributed by atoms with van der Waals surface area (Å²) in [6.07, 6.45) is 6.91. The molecule has 0 N–H and O–H groups in total. The molecule has 2 aliphatic rings. The molecule has 2 aliphatic heterocycles. The van der Waals surface area contributed by atoms with Crippen LogP contribution < -0.4 is 0 Å². The Kier molecular flexibility index (Phi) is 5.08. The van der Waals surface area contributed by atoms with Crippen LogP contribution in [0.5, 0.6) is 0 Å². The summed E-state index contributed by atoms with van der Waals surface area (Å²) in [7, 11) is 0. The van der Waals surface area contributed by atoms with Gasteiger partial charge < -0.3 is 4.90 Å². The summed E-state index contributed by atoms with van der Waals surface area (Å²) in [6.45, 7) is 3.28. The minimum atomic E-state index is -0.200. The predicted molar refractivity (Wildman–Crippen MR) is 85.0 cm³/mol. The van der Waals surface area contributed by atoms with Crippen molar-refractivity contribution in [1.82, 2.24) is 9.80 Å². The Morgan fingerprint density at radius 2 is 1.68 bits per heavy atom. The number of rotatable bonds is 3. The Labute approximate surface area is 132 Å². The van der Waals surface area contributed by atoms with E-state index in [9.17, 15) is 9.18 Å². The molecule has 3 nitrogen and oxygen atoms in total. The maximum Gasteiger partial charge on any atom is 0.236 e. The molecule has 3 rings (SSSR count). The highest BCUT2D eigenvalue weighted by Gasteiger charge is 2.29. The van der Waals surface area contributed by atoms with Crippen LogP contribution in [0.2, 0.25) is 0 Å². The lowest BCUT2D eigenvalue weighted by atomic mass is 10.0. The molecule has 4 heteroatoms. The van der Waals surface area contributed by atoms with Gasteiger partial charge in [-0.2, -0.15) is 0 Å². The third-order valence-corrected chi connectivity index (χ3v) is 4.92. The minimum Gasteiger partial charge on any atom is -0.342 e. The van der Waals surface area contributed by atoms with E-state index in [-0.39, 0.29) is 17.8 Å². The number of nitrogens with zero attached hydrogens (tertiary/aromatic N) is 2. The van der Waals surface area contributed by atoms with Crippen LogP contribution >= 0.6 is 0 Å². The molecule has 2 heterocycles. The smallest absolute Gasteiger partial charge is 0.236 e. The van der Waals surface area contributed by atoms with Crippen LogP contribution in [-0.2, 0) is 4.79 Å². The fraction of sp³-hybridized carbons (Fsp3) is 0.611. The Balaban J connectivity index is 1.63. The average Bonchev–Trinajstić information content (AvgIpc) is 2.81. The van der Waals surface area contributed by atoms with E-state index in [1.165, 1.54) is 25.0 Å². The fourth-order valence-electron chi connectivity index (χ4n) is 3.67. The van der Waals surface area contributed by atoms with Gasteiger partial charge >= 0.3 is 0 Å². The molecule has 1 unspecified atom stereocenters. The summed E-state index contributed by atoms with van der Waals surface area (Å²) in [4.78, 5) is 16.9. The predicted octanol–water partition coefficient (Wildman–Crippen LogP) is 3.37. The zero-order valence-electron chi connectivity index (χ0n) is 13.1. The molecule has 0 bridgehead atoms. The molecule has 0 spiro atoms. The molecule has 0 aromatic heterocycles. The van der Waals surface area contributed by atoms with Crippen LogP contribution in [0.25, 0.3) is 0 Å². The first kappa shape index (κ1) is 15.5. The molecule has 2 saturated heterocycles. The van der Waals surface area contributed by atoms with Crippen LogP contribution in [0.4, 0.5) is 4.39 Å². The van der Waals surface area contributed by atoms with Gasteiger partial charge in [-0.1, -0.05) is 25.0 Å². The number of benzene rings is 1. The van der Waals surface area contributed by atoms with Gasteiger partial charge in [-0.3, -0.25) is 9.69 Å². The minimum absolute atomic E-state index is 0.200. The van der Waals surface area contributed by atoms with E-state index in [2.05, 4.69) is 4.90 Å². The topological polar surface area (TPSA) is 23.6 Å². The van der Waals surface area contributed by atoms with Gasteiger partial charge in [0.05, 0.1) is 6.54 Å². The highest BCUT2D eigenvalue weighted by molar-refractivity contribution is 5.78. The van der Waals surface area contributed by atoms with E-state index in [0.717, 1.165) is 50.9 Å². The van der Waals surface area contributed by atoms with Gasteiger partial charge in [0.1, 0.15) is 5.82 Å². The van der Waals surface area contributed by atoms with Crippen LogP contribution in [-0.4, -0.2) is 41.9 Å². The second-order valence-electron chi connectivity index (χ2n) is 6.48. The Morgan fingerprint density at radius 1 is 1.00 bits per heavy atom. The summed E-state index contributed by atoms with van der Waals surface area (Å²) in [5.41, 5.74) is 1.13. The number of hydrogen-bond donors (Lipinski definition) is 0. The van der Waals surface area contributed by atoms with E-state index >= 15 is 0 Å². The quantitative estimate of drug-likeness (QED) is 0.855. The van der Waals surface area contributed by atoms with E-state index < -0.39 is 0 Å². The molecule has 1 aromatic rings. The maximum atomic E-state index is 13.1. The van der Waals surface area contributed by atoms with Crippen LogP contribution in [0, 0.1) is 5.82 Å². The van der Waals surface area contributed by atoms with Crippen molar-refractivity contribution >= 4 is 5.91 Å². The summed E-state index contributed by atoms with van der Waals surface area (Å²) >= 11 is 0. The molecule has 120 valence electrons. The third-order valence-electron chi connectivity index (χ3n) is 4.92. The zero-order valence-corrected chi connectivity index (χ0v) is 13.1. The van der Waals surface area contributed by atoms with Gasteiger partial charge in [0.2, 0.25) is 5.91 Å². The first-order valence-corrected chi connectivity index (χ1v) is 8.51. The highest BCUT2D eigenvalue weighted by atomic mass is 19.1. The Bertz CT molecular complexity index is 494. The van der Waals surface area contributed by atoms with Crippen molar-refractivity contribution in [2.24, 2.45) is 0 Å². The molecule has 0 radical (unpaired) electrons. The van der Waals surface area contributed by atoms with Crippen molar-refractivity contribution in [3.63, 3.8) is 0 Å². The molecule has 2 fully saturated rings. The van der Waals surface area contributed by atoms with Crippen LogP contribution in [0.3, 0.4) is 0 Å². The third kappa shape index (κ3) is 3.67. The molecular formula is C18H25FN2O. The summed E-state index contributed by atoms with van der Waals surface area (Å²) < 4.78 is 13.1. The van der Waals surface area contributed by atoms with E-state index in [0.29, 0.717) is 6.54 Å². The number of carbonyl (C=O) groups is 1. The largest absolute Gasteiger partial charge is 0.342 e. The standard InChI is InChI=1S/C18H25FN2O/c19-16-9-7-15(8-10-16)17-6-5-13-21(17)14-18(22)20-11-3-1-2-4-12-20/h7-10,17H,1-6,11-14H2. The van der Waals surface area contributed by atoms with Crippen molar-refractivity contribution in [2.45, 2.75) is 44.6 Å². The first-order chi connectivity index (χ1) is 10.7. The summed E-state index contributed by atoms with van der Waals surface area (Å²) in [6, 6.07) is 7.01. The number of halogens is 1. The fourth-order valence-corrected chi connectivity index (χ4v) is 3.67. The van der Waals surface area contributed by atoms with Crippen LogP contribution in [0.1, 0.15) is 50.1 Å². The van der Waals surface area contributed by atoms with Gasteiger partial charge in [0.15, 0.2) is 0 Å². The molecule has 22 heavy (non-hydrogen) atoms. The van der Waals surface area contributed by atoms with E-state index in [1.54, 1.807) is 0 Å². The van der Waals surface area contributed by atoms with E-state index in [4.69, 9.17) is 0 Å². The highest BCUT2D eigenvalue weighted by Crippen LogP contribution is 2.31. The van der Waals surface area contributed by atoms with E-state index in [1.807, 2.05) is 17.0 Å². The Hall–Kier alpha value is -1.42. The maximum absolute atomic E-state index is 13.1. The van der Waals surface area contributed by atoms with Crippen LogP contribution in [0.15, 0.2) is 24.3 Å². The number of hydrogen-bond acceptors (Lipinski definition) is 2. The lowest BCUT2D eigenvalue weighted by Gasteiger charge is -2.28. The molecule has 1 aromatic carbocycles. The van der Waals surface area contributed by atoms with Gasteiger partial charge in [-0.05, 0) is 49.9 Å². The van der Waals surface area contributed by atoms with Crippen molar-refractivity contribution in [3.05, 3.63) is 35.6 Å².